The molecule has 0 radical (unpaired) electrons. The summed E-state index contributed by atoms with van der Waals surface area (Å²) in [5.41, 5.74) is 8.01. The van der Waals surface area contributed by atoms with E-state index < -0.39 is 23.8 Å². The molecule has 5 rings (SSSR count). The van der Waals surface area contributed by atoms with E-state index in [1.54, 1.807) is 77.3 Å². The first-order chi connectivity index (χ1) is 22.3. The fourth-order valence-corrected chi connectivity index (χ4v) is 4.84. The SMILES string of the molecule is Cl.Cn1cc(NC(=O)c2cc(NC(=O)c3cc(NC(=O)c4cc(NC(=O)C5CO5)cn4C)cn3C)cn2C)cc1C(=O)NCCC(=N)N. The largest absolute Gasteiger partial charge is 0.388 e. The average molecular weight is 682 g/mol. The molecular weight excluding hydrogens is 646 g/mol. The van der Waals surface area contributed by atoms with Gasteiger partial charge in [-0.15, -0.1) is 12.4 Å². The molecule has 17 nitrogen and oxygen atoms in total. The number of carbonyl (C=O) groups is 5. The highest BCUT2D eigenvalue weighted by Crippen LogP contribution is 2.21. The quantitative estimate of drug-likeness (QED) is 0.0663. The summed E-state index contributed by atoms with van der Waals surface area (Å²) in [4.78, 5) is 63.6. The molecule has 1 unspecified atom stereocenters. The van der Waals surface area contributed by atoms with E-state index in [1.807, 2.05) is 0 Å². The second kappa shape index (κ2) is 14.3. The van der Waals surface area contributed by atoms with E-state index in [1.165, 1.54) is 18.2 Å². The first-order valence-corrected chi connectivity index (χ1v) is 14.4. The fraction of sp³-hybridized carbons (Fsp3) is 0.267. The van der Waals surface area contributed by atoms with Crippen LogP contribution in [-0.2, 0) is 37.7 Å². The number of aryl methyl sites for hydroxylation is 4. The van der Waals surface area contributed by atoms with E-state index in [-0.39, 0.29) is 54.4 Å². The van der Waals surface area contributed by atoms with Crippen LogP contribution in [0.3, 0.4) is 0 Å². The number of ether oxygens (including phenoxy) is 1. The van der Waals surface area contributed by atoms with Crippen LogP contribution in [0, 0.1) is 5.41 Å². The standard InChI is InChI=1S/C30H35N11O6.ClH/c1-38-11-16(7-20(38)26(42)33-6-5-25(31)32)34-27(43)21-8-17(12-39(21)2)35-28(44)22-9-18(13-40(22)3)36-29(45)23-10-19(14-41(23)4)37-30(46)24-15-47-24;/h7-14,24H,5-6,15H2,1-4H3,(H3,31,32)(H,33,42)(H,34,43)(H,35,44)(H,36,45)(H,37,46);1H. The highest BCUT2D eigenvalue weighted by molar-refractivity contribution is 6.09. The van der Waals surface area contributed by atoms with Crippen molar-refractivity contribution in [2.75, 3.05) is 34.4 Å². The number of hydrogen-bond donors (Lipinski definition) is 7. The average Bonchev–Trinajstić information content (AvgIpc) is 3.36. The summed E-state index contributed by atoms with van der Waals surface area (Å²) in [5, 5.41) is 20.9. The van der Waals surface area contributed by atoms with Gasteiger partial charge in [0.2, 0.25) is 0 Å². The number of nitrogens with zero attached hydrogens (tertiary/aromatic N) is 4. The number of halogens is 1. The van der Waals surface area contributed by atoms with Gasteiger partial charge in [-0.2, -0.15) is 0 Å². The van der Waals surface area contributed by atoms with Crippen LogP contribution in [0.1, 0.15) is 48.4 Å². The van der Waals surface area contributed by atoms with Crippen LogP contribution in [0.15, 0.2) is 49.1 Å². The molecule has 18 heteroatoms. The van der Waals surface area contributed by atoms with Gasteiger partial charge >= 0.3 is 0 Å². The summed E-state index contributed by atoms with van der Waals surface area (Å²) < 4.78 is 11.2. The molecule has 1 saturated heterocycles. The zero-order valence-electron chi connectivity index (χ0n) is 26.5. The first-order valence-electron chi connectivity index (χ1n) is 14.4. The lowest BCUT2D eigenvalue weighted by Crippen LogP contribution is -2.28. The van der Waals surface area contributed by atoms with Crippen molar-refractivity contribution < 1.29 is 28.7 Å². The fourth-order valence-electron chi connectivity index (χ4n) is 4.84. The van der Waals surface area contributed by atoms with Crippen molar-refractivity contribution in [3.05, 3.63) is 71.8 Å². The molecule has 5 heterocycles. The third-order valence-electron chi connectivity index (χ3n) is 7.30. The first kappa shape index (κ1) is 35.1. The lowest BCUT2D eigenvalue weighted by Gasteiger charge is -2.04. The number of carbonyl (C=O) groups excluding carboxylic acids is 5. The van der Waals surface area contributed by atoms with Crippen molar-refractivity contribution in [1.29, 1.82) is 5.41 Å². The van der Waals surface area contributed by atoms with Crippen LogP contribution < -0.4 is 32.3 Å². The number of aromatic nitrogens is 4. The Morgan fingerprint density at radius 1 is 0.688 bits per heavy atom. The molecule has 5 amide bonds. The Balaban J connectivity index is 0.00000520. The molecule has 0 spiro atoms. The zero-order chi connectivity index (χ0) is 34.0. The number of anilines is 4. The lowest BCUT2D eigenvalue weighted by molar-refractivity contribution is -0.117. The Kier molecular flexibility index (Phi) is 10.4. The molecule has 254 valence electrons. The van der Waals surface area contributed by atoms with Crippen molar-refractivity contribution in [2.45, 2.75) is 12.5 Å². The van der Waals surface area contributed by atoms with E-state index in [2.05, 4.69) is 26.6 Å². The summed E-state index contributed by atoms with van der Waals surface area (Å²) in [6.45, 7) is 0.588. The maximum Gasteiger partial charge on any atom is 0.272 e. The summed E-state index contributed by atoms with van der Waals surface area (Å²) in [7, 11) is 6.64. The topological polar surface area (TPSA) is 228 Å². The lowest BCUT2D eigenvalue weighted by atomic mass is 10.3. The number of nitrogens with one attached hydrogen (secondary N) is 6. The molecule has 8 N–H and O–H groups in total. The molecule has 4 aromatic heterocycles. The van der Waals surface area contributed by atoms with Gasteiger partial charge in [-0.25, -0.2) is 0 Å². The van der Waals surface area contributed by atoms with Gasteiger partial charge in [-0.05, 0) is 24.3 Å². The number of epoxide rings is 1. The van der Waals surface area contributed by atoms with Gasteiger partial charge in [0.15, 0.2) is 6.10 Å². The van der Waals surface area contributed by atoms with Crippen molar-refractivity contribution in [2.24, 2.45) is 33.9 Å². The van der Waals surface area contributed by atoms with E-state index >= 15 is 0 Å². The van der Waals surface area contributed by atoms with Gasteiger partial charge in [-0.1, -0.05) is 0 Å². The number of amidine groups is 1. The van der Waals surface area contributed by atoms with Gasteiger partial charge in [0.05, 0.1) is 35.2 Å². The van der Waals surface area contributed by atoms with Crippen molar-refractivity contribution >= 4 is 70.5 Å². The summed E-state index contributed by atoms with van der Waals surface area (Å²) in [6.07, 6.45) is 6.14. The van der Waals surface area contributed by atoms with Crippen LogP contribution in [0.25, 0.3) is 0 Å². The predicted octanol–water partition coefficient (Wildman–Crippen LogP) is 1.61. The number of hydrogen-bond acceptors (Lipinski definition) is 7. The molecule has 0 aromatic carbocycles. The van der Waals surface area contributed by atoms with Crippen LogP contribution in [0.5, 0.6) is 0 Å². The third kappa shape index (κ3) is 8.12. The molecule has 1 aliphatic rings. The Bertz CT molecular complexity index is 1910. The van der Waals surface area contributed by atoms with Gasteiger partial charge in [0, 0.05) is 65.9 Å². The molecule has 1 aliphatic heterocycles. The molecule has 1 atom stereocenters. The highest BCUT2D eigenvalue weighted by Gasteiger charge is 2.31. The number of amides is 5. The highest BCUT2D eigenvalue weighted by atomic mass is 35.5. The van der Waals surface area contributed by atoms with Crippen molar-refractivity contribution in [1.82, 2.24) is 23.6 Å². The minimum Gasteiger partial charge on any atom is -0.388 e. The Morgan fingerprint density at radius 3 is 1.35 bits per heavy atom. The maximum atomic E-state index is 13.2. The molecule has 0 aliphatic carbocycles. The summed E-state index contributed by atoms with van der Waals surface area (Å²) in [5.74, 6) is -2.06. The molecule has 0 bridgehead atoms. The zero-order valence-corrected chi connectivity index (χ0v) is 27.4. The molecule has 48 heavy (non-hydrogen) atoms. The molecular formula is C30H36ClN11O6. The molecule has 4 aromatic rings. The minimum absolute atomic E-state index is 0. The minimum atomic E-state index is -0.472. The van der Waals surface area contributed by atoms with E-state index in [4.69, 9.17) is 15.9 Å². The van der Waals surface area contributed by atoms with Crippen LogP contribution in [0.4, 0.5) is 22.7 Å². The second-order valence-electron chi connectivity index (χ2n) is 11.1. The normalized spacial score (nSPS) is 13.2. The van der Waals surface area contributed by atoms with Crippen molar-refractivity contribution in [3.8, 4) is 0 Å². The smallest absolute Gasteiger partial charge is 0.272 e. The monoisotopic (exact) mass is 681 g/mol. The third-order valence-corrected chi connectivity index (χ3v) is 7.30. The van der Waals surface area contributed by atoms with E-state index in [0.29, 0.717) is 40.7 Å². The second-order valence-corrected chi connectivity index (χ2v) is 11.1. The Morgan fingerprint density at radius 2 is 1.02 bits per heavy atom. The Hall–Kier alpha value is -5.81. The maximum absolute atomic E-state index is 13.2. The predicted molar refractivity (Wildman–Crippen MR) is 180 cm³/mol. The number of rotatable bonds is 12. The van der Waals surface area contributed by atoms with E-state index in [9.17, 15) is 24.0 Å². The van der Waals surface area contributed by atoms with Gasteiger partial charge in [0.25, 0.3) is 29.5 Å². The number of nitrogens with two attached hydrogens (primary N) is 1. The Labute approximate surface area is 280 Å². The van der Waals surface area contributed by atoms with Crippen LogP contribution >= 0.6 is 12.4 Å². The summed E-state index contributed by atoms with van der Waals surface area (Å²) in [6, 6.07) is 6.10. The van der Waals surface area contributed by atoms with Crippen molar-refractivity contribution in [3.63, 3.8) is 0 Å². The van der Waals surface area contributed by atoms with E-state index in [0.717, 1.165) is 0 Å². The van der Waals surface area contributed by atoms with Gasteiger partial charge < -0.3 is 55.3 Å². The molecule has 1 fully saturated rings. The molecule has 0 saturated carbocycles. The van der Waals surface area contributed by atoms with Gasteiger partial charge in [0.1, 0.15) is 22.8 Å². The van der Waals surface area contributed by atoms with Crippen LogP contribution in [-0.4, -0.2) is 72.9 Å². The summed E-state index contributed by atoms with van der Waals surface area (Å²) >= 11 is 0. The van der Waals surface area contributed by atoms with Crippen LogP contribution in [0.2, 0.25) is 0 Å². The van der Waals surface area contributed by atoms with Gasteiger partial charge in [-0.3, -0.25) is 29.4 Å².